The lowest BCUT2D eigenvalue weighted by Gasteiger charge is -2.11. The zero-order valence-electron chi connectivity index (χ0n) is 18.3. The van der Waals surface area contributed by atoms with Crippen molar-refractivity contribution in [3.05, 3.63) is 126 Å². The predicted molar refractivity (Wildman–Crippen MR) is 129 cm³/mol. The van der Waals surface area contributed by atoms with E-state index in [0.29, 0.717) is 22.3 Å². The fourth-order valence-corrected chi connectivity index (χ4v) is 2.96. The highest BCUT2D eigenvalue weighted by Gasteiger charge is 2.17. The van der Waals surface area contributed by atoms with E-state index in [4.69, 9.17) is 9.47 Å². The lowest BCUT2D eigenvalue weighted by Crippen LogP contribution is -2.17. The van der Waals surface area contributed by atoms with Gasteiger partial charge in [-0.1, -0.05) is 36.4 Å². The van der Waals surface area contributed by atoms with Crippen LogP contribution in [-0.2, 0) is 0 Å². The number of esters is 2. The van der Waals surface area contributed by atoms with Crippen LogP contribution < -0.4 is 14.9 Å². The number of carbonyl (C=O) groups excluding carboxylic acids is 3. The van der Waals surface area contributed by atoms with Crippen LogP contribution in [0.15, 0.2) is 108 Å². The number of carbonyl (C=O) groups is 3. The van der Waals surface area contributed by atoms with Gasteiger partial charge < -0.3 is 9.47 Å². The number of nitrogens with one attached hydrogen (secondary N) is 1. The van der Waals surface area contributed by atoms with Crippen LogP contribution in [0.5, 0.6) is 11.5 Å². The highest BCUT2D eigenvalue weighted by molar-refractivity contribution is 5.95. The van der Waals surface area contributed by atoms with E-state index in [9.17, 15) is 14.4 Å². The Morgan fingerprint density at radius 3 is 1.91 bits per heavy atom. The van der Waals surface area contributed by atoms with E-state index in [1.807, 2.05) is 0 Å². The topological polar surface area (TPSA) is 107 Å². The van der Waals surface area contributed by atoms with E-state index < -0.39 is 17.8 Å². The van der Waals surface area contributed by atoms with E-state index in [2.05, 4.69) is 15.5 Å². The van der Waals surface area contributed by atoms with Gasteiger partial charge in [-0.25, -0.2) is 15.0 Å². The minimum absolute atomic E-state index is 0.0191. The molecule has 0 aliphatic heterocycles. The summed E-state index contributed by atoms with van der Waals surface area (Å²) in [7, 11) is 0. The average molecular weight is 465 g/mol. The van der Waals surface area contributed by atoms with Gasteiger partial charge in [-0.15, -0.1) is 0 Å². The van der Waals surface area contributed by atoms with Crippen LogP contribution in [0.3, 0.4) is 0 Å². The van der Waals surface area contributed by atoms with Gasteiger partial charge in [0.1, 0.15) is 0 Å². The van der Waals surface area contributed by atoms with E-state index in [0.717, 1.165) is 0 Å². The number of hydrogen-bond donors (Lipinski definition) is 1. The predicted octanol–water partition coefficient (Wildman–Crippen LogP) is 4.28. The highest BCUT2D eigenvalue weighted by Crippen LogP contribution is 2.30. The molecule has 0 saturated carbocycles. The smallest absolute Gasteiger partial charge is 0.343 e. The van der Waals surface area contributed by atoms with Gasteiger partial charge in [0.05, 0.1) is 22.9 Å². The summed E-state index contributed by atoms with van der Waals surface area (Å²) in [4.78, 5) is 41.2. The van der Waals surface area contributed by atoms with Crippen molar-refractivity contribution in [1.82, 2.24) is 10.4 Å². The number of nitrogens with zero attached hydrogens (tertiary/aromatic N) is 2. The second kappa shape index (κ2) is 11.2. The van der Waals surface area contributed by atoms with E-state index in [-0.39, 0.29) is 11.5 Å². The van der Waals surface area contributed by atoms with Crippen molar-refractivity contribution < 1.29 is 23.9 Å². The summed E-state index contributed by atoms with van der Waals surface area (Å²) in [5.41, 5.74) is 3.92. The lowest BCUT2D eigenvalue weighted by molar-refractivity contribution is 0.0682. The number of ether oxygens (including phenoxy) is 2. The Balaban J connectivity index is 1.55. The van der Waals surface area contributed by atoms with E-state index >= 15 is 0 Å². The Labute approximate surface area is 200 Å². The minimum atomic E-state index is -0.624. The maximum Gasteiger partial charge on any atom is 0.343 e. The molecule has 0 bridgehead atoms. The monoisotopic (exact) mass is 465 g/mol. The molecule has 1 aromatic heterocycles. The number of hydrazone groups is 1. The molecule has 35 heavy (non-hydrogen) atoms. The normalized spacial score (nSPS) is 10.5. The van der Waals surface area contributed by atoms with Crippen LogP contribution in [0.25, 0.3) is 0 Å². The molecule has 0 saturated heterocycles. The Morgan fingerprint density at radius 1 is 0.714 bits per heavy atom. The van der Waals surface area contributed by atoms with Gasteiger partial charge in [0.25, 0.3) is 5.91 Å². The third-order valence-corrected chi connectivity index (χ3v) is 4.70. The van der Waals surface area contributed by atoms with Gasteiger partial charge >= 0.3 is 11.9 Å². The average Bonchev–Trinajstić information content (AvgIpc) is 2.91. The number of hydrogen-bond acceptors (Lipinski definition) is 7. The molecule has 0 aliphatic rings. The van der Waals surface area contributed by atoms with Gasteiger partial charge in [0.2, 0.25) is 0 Å². The maximum atomic E-state index is 12.6. The van der Waals surface area contributed by atoms with Gasteiger partial charge in [-0.3, -0.25) is 9.78 Å². The molecule has 3 aromatic carbocycles. The first-order valence-electron chi connectivity index (χ1n) is 10.5. The summed E-state index contributed by atoms with van der Waals surface area (Å²) in [6, 6.07) is 24.7. The fraction of sp³-hybridized carbons (Fsp3) is 0. The lowest BCUT2D eigenvalue weighted by atomic mass is 10.2. The number of pyridine rings is 1. The van der Waals surface area contributed by atoms with Crippen molar-refractivity contribution in [2.24, 2.45) is 5.10 Å². The van der Waals surface area contributed by atoms with Crippen molar-refractivity contribution in [1.29, 1.82) is 0 Å². The Kier molecular flexibility index (Phi) is 7.35. The van der Waals surface area contributed by atoms with Crippen molar-refractivity contribution in [3.8, 4) is 11.5 Å². The zero-order chi connectivity index (χ0) is 24.5. The second-order valence-electron chi connectivity index (χ2n) is 7.16. The SMILES string of the molecule is O=C(N/N=C/c1ccc(OC(=O)c2ccccc2)c(OC(=O)c2ccccc2)c1)c1cccnc1. The zero-order valence-corrected chi connectivity index (χ0v) is 18.3. The van der Waals surface area contributed by atoms with Gasteiger partial charge in [-0.2, -0.15) is 5.10 Å². The van der Waals surface area contributed by atoms with Crippen LogP contribution in [0.4, 0.5) is 0 Å². The van der Waals surface area contributed by atoms with Crippen LogP contribution in [-0.4, -0.2) is 29.0 Å². The van der Waals surface area contributed by atoms with E-state index in [1.165, 1.54) is 24.5 Å². The van der Waals surface area contributed by atoms with Crippen LogP contribution in [0, 0.1) is 0 Å². The molecule has 4 rings (SSSR count). The summed E-state index contributed by atoms with van der Waals surface area (Å²) < 4.78 is 11.0. The Morgan fingerprint density at radius 2 is 1.31 bits per heavy atom. The molecular formula is C27H19N3O5. The number of rotatable bonds is 7. The first-order valence-corrected chi connectivity index (χ1v) is 10.5. The quantitative estimate of drug-likeness (QED) is 0.189. The maximum absolute atomic E-state index is 12.6. The summed E-state index contributed by atoms with van der Waals surface area (Å²) >= 11 is 0. The molecule has 4 aromatic rings. The Bertz CT molecular complexity index is 1360. The highest BCUT2D eigenvalue weighted by atomic mass is 16.6. The summed E-state index contributed by atoms with van der Waals surface area (Å²) in [6.45, 7) is 0. The molecule has 0 fully saturated rings. The second-order valence-corrected chi connectivity index (χ2v) is 7.16. The molecule has 1 amide bonds. The Hall–Kier alpha value is -5.11. The molecule has 0 atom stereocenters. The minimum Gasteiger partial charge on any atom is -0.419 e. The molecular weight excluding hydrogens is 446 g/mol. The standard InChI is InChI=1S/C27H19N3O5/c31-25(22-12-7-15-28-18-22)30-29-17-19-13-14-23(34-26(32)20-8-3-1-4-9-20)24(16-19)35-27(33)21-10-5-2-6-11-21/h1-18H,(H,30,31)/b29-17+. The third-order valence-electron chi connectivity index (χ3n) is 4.70. The summed E-state index contributed by atoms with van der Waals surface area (Å²) in [6.07, 6.45) is 4.35. The van der Waals surface area contributed by atoms with Crippen LogP contribution in [0.2, 0.25) is 0 Å². The molecule has 172 valence electrons. The number of aromatic nitrogens is 1. The largest absolute Gasteiger partial charge is 0.419 e. The van der Waals surface area contributed by atoms with Crippen LogP contribution in [0.1, 0.15) is 36.6 Å². The first kappa shape index (κ1) is 23.1. The van der Waals surface area contributed by atoms with Crippen molar-refractivity contribution in [3.63, 3.8) is 0 Å². The third kappa shape index (κ3) is 6.23. The van der Waals surface area contributed by atoms with Crippen molar-refractivity contribution in [2.75, 3.05) is 0 Å². The van der Waals surface area contributed by atoms with Gasteiger partial charge in [-0.05, 0) is 60.2 Å². The number of amides is 1. The molecule has 1 N–H and O–H groups in total. The molecule has 0 spiro atoms. The molecule has 0 aliphatic carbocycles. The van der Waals surface area contributed by atoms with Gasteiger partial charge in [0.15, 0.2) is 11.5 Å². The fourth-order valence-electron chi connectivity index (χ4n) is 2.96. The summed E-state index contributed by atoms with van der Waals surface area (Å²) in [5.74, 6) is -1.59. The first-order chi connectivity index (χ1) is 17.1. The molecule has 8 heteroatoms. The van der Waals surface area contributed by atoms with Crippen molar-refractivity contribution in [2.45, 2.75) is 0 Å². The summed E-state index contributed by atoms with van der Waals surface area (Å²) in [5, 5.41) is 3.93. The van der Waals surface area contributed by atoms with Crippen molar-refractivity contribution >= 4 is 24.1 Å². The van der Waals surface area contributed by atoms with Crippen LogP contribution >= 0.6 is 0 Å². The van der Waals surface area contributed by atoms with E-state index in [1.54, 1.807) is 85.1 Å². The molecule has 8 nitrogen and oxygen atoms in total. The molecule has 0 radical (unpaired) electrons. The molecule has 0 unspecified atom stereocenters. The van der Waals surface area contributed by atoms with Gasteiger partial charge in [0, 0.05) is 12.4 Å². The number of benzene rings is 3. The molecule has 1 heterocycles.